The average Bonchev–Trinajstić information content (AvgIpc) is 3.56. The van der Waals surface area contributed by atoms with Gasteiger partial charge in [-0.25, -0.2) is 4.98 Å². The monoisotopic (exact) mass is 438 g/mol. The minimum atomic E-state index is -0.627. The molecule has 8 nitrogen and oxygen atoms in total. The molecular formula is C23H27FN6O2. The maximum atomic E-state index is 14.5. The van der Waals surface area contributed by atoms with Gasteiger partial charge in [0.25, 0.3) is 5.91 Å². The highest BCUT2D eigenvalue weighted by Gasteiger charge is 2.62. The molecule has 4 heterocycles. The molecule has 1 saturated carbocycles. The molecule has 0 spiro atoms. The maximum Gasteiger partial charge on any atom is 0.269 e. The van der Waals surface area contributed by atoms with Crippen LogP contribution in [0.1, 0.15) is 47.4 Å². The summed E-state index contributed by atoms with van der Waals surface area (Å²) in [5.41, 5.74) is 3.18. The van der Waals surface area contributed by atoms with Crippen LogP contribution in [0.4, 0.5) is 15.8 Å². The molecule has 1 aliphatic carbocycles. The first-order valence-electron chi connectivity index (χ1n) is 11.1. The lowest BCUT2D eigenvalue weighted by atomic mass is 9.93. The number of rotatable bonds is 5. The van der Waals surface area contributed by atoms with Crippen LogP contribution in [0, 0.1) is 11.4 Å². The molecule has 2 aromatic rings. The van der Waals surface area contributed by atoms with Gasteiger partial charge in [-0.2, -0.15) is 4.39 Å². The van der Waals surface area contributed by atoms with E-state index < -0.39 is 11.9 Å². The Hall–Kier alpha value is -3.07. The second-order valence-electron chi connectivity index (χ2n) is 8.85. The van der Waals surface area contributed by atoms with E-state index in [4.69, 9.17) is 4.98 Å². The van der Waals surface area contributed by atoms with E-state index >= 15 is 0 Å². The predicted molar refractivity (Wildman–Crippen MR) is 118 cm³/mol. The SMILES string of the molecule is CC[C@]12C[C@H]1c1ncc(CN3CCN(c4ccc(C(=O)NC)nc4F)CC3)cc1NC2=O. The highest BCUT2D eigenvalue weighted by atomic mass is 19.1. The second kappa shape index (κ2) is 7.81. The third-order valence-corrected chi connectivity index (χ3v) is 7.12. The van der Waals surface area contributed by atoms with E-state index in [-0.39, 0.29) is 22.9 Å². The van der Waals surface area contributed by atoms with Crippen molar-refractivity contribution in [3.63, 3.8) is 0 Å². The number of aromatic nitrogens is 2. The van der Waals surface area contributed by atoms with Gasteiger partial charge in [-0.1, -0.05) is 6.92 Å². The fourth-order valence-corrected chi connectivity index (χ4v) is 5.02. The first kappa shape index (κ1) is 20.8. The van der Waals surface area contributed by atoms with Gasteiger partial charge in [0.1, 0.15) is 5.69 Å². The second-order valence-corrected chi connectivity index (χ2v) is 8.85. The molecule has 1 saturated heterocycles. The smallest absolute Gasteiger partial charge is 0.269 e. The summed E-state index contributed by atoms with van der Waals surface area (Å²) >= 11 is 0. The topological polar surface area (TPSA) is 90.5 Å². The molecule has 2 atom stereocenters. The van der Waals surface area contributed by atoms with Gasteiger partial charge in [-0.3, -0.25) is 19.5 Å². The van der Waals surface area contributed by atoms with Crippen LogP contribution < -0.4 is 15.5 Å². The fourth-order valence-electron chi connectivity index (χ4n) is 5.02. The van der Waals surface area contributed by atoms with Gasteiger partial charge < -0.3 is 15.5 Å². The van der Waals surface area contributed by atoms with Gasteiger partial charge in [0.05, 0.1) is 22.5 Å². The number of nitrogens with one attached hydrogen (secondary N) is 2. The van der Waals surface area contributed by atoms with Crippen LogP contribution in [0.15, 0.2) is 24.4 Å². The molecule has 2 fully saturated rings. The van der Waals surface area contributed by atoms with Crippen LogP contribution in [-0.4, -0.2) is 59.9 Å². The van der Waals surface area contributed by atoms with Crippen molar-refractivity contribution < 1.29 is 14.0 Å². The summed E-state index contributed by atoms with van der Waals surface area (Å²) < 4.78 is 14.5. The summed E-state index contributed by atoms with van der Waals surface area (Å²) in [6.07, 6.45) is 3.66. The van der Waals surface area contributed by atoms with Crippen molar-refractivity contribution in [2.75, 3.05) is 43.4 Å². The Labute approximate surface area is 186 Å². The van der Waals surface area contributed by atoms with Crippen molar-refractivity contribution in [2.24, 2.45) is 5.41 Å². The number of piperazine rings is 1. The molecule has 2 N–H and O–H groups in total. The summed E-state index contributed by atoms with van der Waals surface area (Å²) in [5.74, 6) is -0.648. The largest absolute Gasteiger partial charge is 0.365 e. The van der Waals surface area contributed by atoms with Crippen molar-refractivity contribution in [2.45, 2.75) is 32.2 Å². The van der Waals surface area contributed by atoms with Crippen molar-refractivity contribution >= 4 is 23.2 Å². The Kier molecular flexibility index (Phi) is 5.08. The molecule has 32 heavy (non-hydrogen) atoms. The summed E-state index contributed by atoms with van der Waals surface area (Å²) in [4.78, 5) is 36.9. The summed E-state index contributed by atoms with van der Waals surface area (Å²) in [6, 6.07) is 5.21. The predicted octanol–water partition coefficient (Wildman–Crippen LogP) is 2.13. The normalized spacial score (nSPS) is 24.4. The summed E-state index contributed by atoms with van der Waals surface area (Å²) in [5, 5.41) is 5.52. The lowest BCUT2D eigenvalue weighted by molar-refractivity contribution is -0.121. The number of fused-ring (bicyclic) bond motifs is 3. The number of hydrogen-bond donors (Lipinski definition) is 2. The quantitative estimate of drug-likeness (QED) is 0.695. The summed E-state index contributed by atoms with van der Waals surface area (Å²) in [6.45, 7) is 5.65. The zero-order valence-electron chi connectivity index (χ0n) is 18.3. The number of carbonyl (C=O) groups excluding carboxylic acids is 2. The van der Waals surface area contributed by atoms with E-state index in [0.29, 0.717) is 18.8 Å². The highest BCUT2D eigenvalue weighted by Crippen LogP contribution is 2.64. The Bertz CT molecular complexity index is 1080. The van der Waals surface area contributed by atoms with E-state index in [1.54, 1.807) is 12.1 Å². The third kappa shape index (κ3) is 3.40. The molecular weight excluding hydrogens is 411 g/mol. The van der Waals surface area contributed by atoms with Crippen LogP contribution in [0.5, 0.6) is 0 Å². The molecule has 0 radical (unpaired) electrons. The lowest BCUT2D eigenvalue weighted by Gasteiger charge is -2.36. The molecule has 2 amide bonds. The van der Waals surface area contributed by atoms with E-state index in [9.17, 15) is 14.0 Å². The van der Waals surface area contributed by atoms with Gasteiger partial charge in [0, 0.05) is 51.9 Å². The third-order valence-electron chi connectivity index (χ3n) is 7.12. The fraction of sp³-hybridized carbons (Fsp3) is 0.478. The van der Waals surface area contributed by atoms with Crippen LogP contribution in [0.25, 0.3) is 0 Å². The Morgan fingerprint density at radius 3 is 2.78 bits per heavy atom. The van der Waals surface area contributed by atoms with Crippen molar-refractivity contribution in [3.05, 3.63) is 47.3 Å². The van der Waals surface area contributed by atoms with Crippen LogP contribution >= 0.6 is 0 Å². The van der Waals surface area contributed by atoms with Crippen LogP contribution in [-0.2, 0) is 11.3 Å². The van der Waals surface area contributed by atoms with Gasteiger partial charge in [0.2, 0.25) is 11.9 Å². The van der Waals surface area contributed by atoms with E-state index in [2.05, 4.69) is 27.4 Å². The first-order valence-corrected chi connectivity index (χ1v) is 11.1. The minimum Gasteiger partial charge on any atom is -0.365 e. The van der Waals surface area contributed by atoms with Crippen LogP contribution in [0.2, 0.25) is 0 Å². The number of hydrogen-bond acceptors (Lipinski definition) is 6. The molecule has 0 unspecified atom stereocenters. The molecule has 168 valence electrons. The van der Waals surface area contributed by atoms with Crippen molar-refractivity contribution in [3.8, 4) is 0 Å². The van der Waals surface area contributed by atoms with Gasteiger partial charge in [-0.05, 0) is 36.6 Å². The number of halogens is 1. The average molecular weight is 439 g/mol. The summed E-state index contributed by atoms with van der Waals surface area (Å²) in [7, 11) is 1.49. The minimum absolute atomic E-state index is 0.0711. The first-order chi connectivity index (χ1) is 15.4. The van der Waals surface area contributed by atoms with Gasteiger partial charge in [-0.15, -0.1) is 0 Å². The Morgan fingerprint density at radius 2 is 2.09 bits per heavy atom. The van der Waals surface area contributed by atoms with Gasteiger partial charge in [0.15, 0.2) is 0 Å². The molecule has 9 heteroatoms. The van der Waals surface area contributed by atoms with E-state index in [1.807, 2.05) is 17.2 Å². The van der Waals surface area contributed by atoms with Crippen molar-refractivity contribution in [1.82, 2.24) is 20.2 Å². The Morgan fingerprint density at radius 1 is 1.31 bits per heavy atom. The molecule has 3 aliphatic rings. The zero-order valence-corrected chi connectivity index (χ0v) is 18.3. The lowest BCUT2D eigenvalue weighted by Crippen LogP contribution is -2.46. The van der Waals surface area contributed by atoms with Crippen molar-refractivity contribution in [1.29, 1.82) is 0 Å². The molecule has 5 rings (SSSR count). The number of carbonyl (C=O) groups is 2. The number of nitrogens with zero attached hydrogens (tertiary/aromatic N) is 4. The zero-order chi connectivity index (χ0) is 22.5. The van der Waals surface area contributed by atoms with Gasteiger partial charge >= 0.3 is 0 Å². The highest BCUT2D eigenvalue weighted by molar-refractivity contribution is 6.02. The Balaban J connectivity index is 1.21. The molecule has 0 aromatic carbocycles. The standard InChI is InChI=1S/C23H27FN6O2/c1-3-23-11-15(23)19-17(28-22(23)32)10-14(12-26-19)13-29-6-8-30(9-7-29)18-5-4-16(21(31)25-2)27-20(18)24/h4-5,10,12,15H,3,6-9,11,13H2,1-2H3,(H,25,31)(H,28,32)/t15-,23-/m0/s1. The molecule has 2 aliphatic heterocycles. The number of amides is 2. The number of pyridine rings is 2. The van der Waals surface area contributed by atoms with E-state index in [0.717, 1.165) is 49.4 Å². The van der Waals surface area contributed by atoms with Crippen LogP contribution in [0.3, 0.4) is 0 Å². The molecule has 0 bridgehead atoms. The molecule has 2 aromatic heterocycles. The number of anilines is 2. The maximum absolute atomic E-state index is 14.5. The van der Waals surface area contributed by atoms with E-state index in [1.165, 1.54) is 7.05 Å².